The number of nitrogens with one attached hydrogen (secondary N) is 1. The van der Waals surface area contributed by atoms with Crippen molar-refractivity contribution in [1.82, 2.24) is 5.32 Å². The molecule has 0 aromatic heterocycles. The number of unbranched alkanes of at least 4 members (excludes halogenated alkanes) is 1. The molecule has 2 heteroatoms. The zero-order valence-electron chi connectivity index (χ0n) is 12.1. The summed E-state index contributed by atoms with van der Waals surface area (Å²) in [5, 5.41) is 3.03. The van der Waals surface area contributed by atoms with Crippen molar-refractivity contribution in [3.05, 3.63) is 12.7 Å². The van der Waals surface area contributed by atoms with Gasteiger partial charge in [-0.1, -0.05) is 46.1 Å². The maximum absolute atomic E-state index is 11.3. The largest absolute Gasteiger partial charge is 0.350 e. The molecule has 18 heavy (non-hydrogen) atoms. The highest BCUT2D eigenvalue weighted by Crippen LogP contribution is 2.34. The molecule has 0 bridgehead atoms. The molecule has 0 spiro atoms. The van der Waals surface area contributed by atoms with E-state index in [1.54, 1.807) is 0 Å². The molecule has 104 valence electrons. The lowest BCUT2D eigenvalue weighted by atomic mass is 9.75. The first-order valence-electron chi connectivity index (χ1n) is 7.64. The SMILES string of the molecule is C=CC(=O)NC1CCC(C(CC)CCCC)CC1. The molecule has 0 aromatic rings. The molecule has 1 amide bonds. The Balaban J connectivity index is 2.32. The van der Waals surface area contributed by atoms with Crippen molar-refractivity contribution < 1.29 is 4.79 Å². The molecule has 1 saturated carbocycles. The molecule has 0 radical (unpaired) electrons. The second kappa shape index (κ2) is 8.34. The van der Waals surface area contributed by atoms with Gasteiger partial charge in [-0.3, -0.25) is 4.79 Å². The van der Waals surface area contributed by atoms with Gasteiger partial charge >= 0.3 is 0 Å². The Morgan fingerprint density at radius 3 is 2.50 bits per heavy atom. The molecule has 1 unspecified atom stereocenters. The minimum Gasteiger partial charge on any atom is -0.350 e. The Morgan fingerprint density at radius 1 is 1.33 bits per heavy atom. The average Bonchev–Trinajstić information content (AvgIpc) is 2.41. The first kappa shape index (κ1) is 15.3. The smallest absolute Gasteiger partial charge is 0.243 e. The topological polar surface area (TPSA) is 29.1 Å². The van der Waals surface area contributed by atoms with E-state index in [1.807, 2.05) is 0 Å². The minimum absolute atomic E-state index is 0.0172. The zero-order valence-corrected chi connectivity index (χ0v) is 12.1. The fourth-order valence-corrected chi connectivity index (χ4v) is 3.23. The second-order valence-corrected chi connectivity index (χ2v) is 5.63. The van der Waals surface area contributed by atoms with Gasteiger partial charge in [-0.05, 0) is 43.6 Å². The summed E-state index contributed by atoms with van der Waals surface area (Å²) >= 11 is 0. The molecule has 2 nitrogen and oxygen atoms in total. The number of rotatable bonds is 7. The number of hydrogen-bond acceptors (Lipinski definition) is 1. The van der Waals surface area contributed by atoms with E-state index in [2.05, 4.69) is 25.7 Å². The summed E-state index contributed by atoms with van der Waals surface area (Å²) in [6.45, 7) is 8.10. The Kier molecular flexibility index (Phi) is 7.07. The maximum Gasteiger partial charge on any atom is 0.243 e. The highest BCUT2D eigenvalue weighted by Gasteiger charge is 2.26. The van der Waals surface area contributed by atoms with E-state index >= 15 is 0 Å². The minimum atomic E-state index is -0.0172. The molecular formula is C16H29NO. The lowest BCUT2D eigenvalue weighted by molar-refractivity contribution is -0.117. The third-order valence-electron chi connectivity index (χ3n) is 4.42. The monoisotopic (exact) mass is 251 g/mol. The summed E-state index contributed by atoms with van der Waals surface area (Å²) in [6, 6.07) is 0.385. The molecule has 1 fully saturated rings. The van der Waals surface area contributed by atoms with E-state index in [-0.39, 0.29) is 5.91 Å². The van der Waals surface area contributed by atoms with Crippen LogP contribution in [0, 0.1) is 11.8 Å². The molecule has 0 heterocycles. The first-order valence-corrected chi connectivity index (χ1v) is 7.64. The molecule has 0 saturated heterocycles. The van der Waals surface area contributed by atoms with Crippen LogP contribution in [-0.4, -0.2) is 11.9 Å². The third-order valence-corrected chi connectivity index (χ3v) is 4.42. The van der Waals surface area contributed by atoms with E-state index < -0.39 is 0 Å². The number of amides is 1. The number of hydrogen-bond donors (Lipinski definition) is 1. The van der Waals surface area contributed by atoms with Crippen LogP contribution in [0.15, 0.2) is 12.7 Å². The Hall–Kier alpha value is -0.790. The molecular weight excluding hydrogens is 222 g/mol. The number of carbonyl (C=O) groups excluding carboxylic acids is 1. The zero-order chi connectivity index (χ0) is 13.4. The Labute approximate surface area is 112 Å². The van der Waals surface area contributed by atoms with Crippen LogP contribution in [-0.2, 0) is 4.79 Å². The average molecular weight is 251 g/mol. The van der Waals surface area contributed by atoms with E-state index in [1.165, 1.54) is 44.6 Å². The predicted molar refractivity (Wildman–Crippen MR) is 77.4 cm³/mol. The summed E-state index contributed by atoms with van der Waals surface area (Å²) in [6.07, 6.45) is 11.6. The summed E-state index contributed by atoms with van der Waals surface area (Å²) in [5.74, 6) is 1.77. The fraction of sp³-hybridized carbons (Fsp3) is 0.812. The maximum atomic E-state index is 11.3. The fourth-order valence-electron chi connectivity index (χ4n) is 3.23. The van der Waals surface area contributed by atoms with Crippen LogP contribution in [0.4, 0.5) is 0 Å². The van der Waals surface area contributed by atoms with E-state index in [0.29, 0.717) is 6.04 Å². The molecule has 0 aromatic carbocycles. The Bertz CT molecular complexity index is 254. The quantitative estimate of drug-likeness (QED) is 0.679. The van der Waals surface area contributed by atoms with Crippen molar-refractivity contribution in [2.24, 2.45) is 11.8 Å². The molecule has 1 atom stereocenters. The summed E-state index contributed by atoms with van der Waals surface area (Å²) in [4.78, 5) is 11.3. The van der Waals surface area contributed by atoms with Gasteiger partial charge in [0, 0.05) is 6.04 Å². The van der Waals surface area contributed by atoms with Crippen LogP contribution < -0.4 is 5.32 Å². The summed E-state index contributed by atoms with van der Waals surface area (Å²) < 4.78 is 0. The second-order valence-electron chi connectivity index (χ2n) is 5.63. The molecule has 1 rings (SSSR count). The Morgan fingerprint density at radius 2 is 2.00 bits per heavy atom. The van der Waals surface area contributed by atoms with Crippen molar-refractivity contribution in [3.8, 4) is 0 Å². The van der Waals surface area contributed by atoms with Gasteiger partial charge < -0.3 is 5.32 Å². The molecule has 1 N–H and O–H groups in total. The van der Waals surface area contributed by atoms with Gasteiger partial charge in [0.25, 0.3) is 0 Å². The first-order chi connectivity index (χ1) is 8.71. The van der Waals surface area contributed by atoms with E-state index in [0.717, 1.165) is 24.7 Å². The van der Waals surface area contributed by atoms with Crippen molar-refractivity contribution in [3.63, 3.8) is 0 Å². The number of carbonyl (C=O) groups is 1. The van der Waals surface area contributed by atoms with Crippen molar-refractivity contribution >= 4 is 5.91 Å². The van der Waals surface area contributed by atoms with Crippen LogP contribution in [0.1, 0.15) is 65.2 Å². The third kappa shape index (κ3) is 4.83. The predicted octanol–water partition coefficient (Wildman–Crippen LogP) is 4.06. The standard InChI is InChI=1S/C16H29NO/c1-4-7-8-13(5-2)14-9-11-15(12-10-14)17-16(18)6-3/h6,13-15H,3-5,7-12H2,1-2H3,(H,17,18). The lowest BCUT2D eigenvalue weighted by Crippen LogP contribution is -2.37. The molecule has 0 aliphatic heterocycles. The molecule has 1 aliphatic carbocycles. The van der Waals surface area contributed by atoms with Gasteiger partial charge in [0.2, 0.25) is 5.91 Å². The highest BCUT2D eigenvalue weighted by atomic mass is 16.1. The van der Waals surface area contributed by atoms with Crippen LogP contribution in [0.5, 0.6) is 0 Å². The van der Waals surface area contributed by atoms with Crippen LogP contribution >= 0.6 is 0 Å². The van der Waals surface area contributed by atoms with Gasteiger partial charge in [0.05, 0.1) is 0 Å². The van der Waals surface area contributed by atoms with E-state index in [9.17, 15) is 4.79 Å². The summed E-state index contributed by atoms with van der Waals surface area (Å²) in [7, 11) is 0. The normalized spacial score (nSPS) is 25.4. The summed E-state index contributed by atoms with van der Waals surface area (Å²) in [5.41, 5.74) is 0. The molecule has 1 aliphatic rings. The highest BCUT2D eigenvalue weighted by molar-refractivity contribution is 5.87. The van der Waals surface area contributed by atoms with Crippen molar-refractivity contribution in [2.45, 2.75) is 71.3 Å². The lowest BCUT2D eigenvalue weighted by Gasteiger charge is -2.33. The van der Waals surface area contributed by atoms with Gasteiger partial charge in [-0.2, -0.15) is 0 Å². The van der Waals surface area contributed by atoms with Crippen molar-refractivity contribution in [2.75, 3.05) is 0 Å². The van der Waals surface area contributed by atoms with Gasteiger partial charge in [-0.25, -0.2) is 0 Å². The van der Waals surface area contributed by atoms with Gasteiger partial charge in [0.15, 0.2) is 0 Å². The van der Waals surface area contributed by atoms with E-state index in [4.69, 9.17) is 0 Å². The van der Waals surface area contributed by atoms with Crippen LogP contribution in [0.2, 0.25) is 0 Å². The van der Waals surface area contributed by atoms with Gasteiger partial charge in [0.1, 0.15) is 0 Å². The van der Waals surface area contributed by atoms with Crippen LogP contribution in [0.3, 0.4) is 0 Å². The van der Waals surface area contributed by atoms with Crippen molar-refractivity contribution in [1.29, 1.82) is 0 Å². The van der Waals surface area contributed by atoms with Crippen LogP contribution in [0.25, 0.3) is 0 Å². The van der Waals surface area contributed by atoms with Gasteiger partial charge in [-0.15, -0.1) is 0 Å².